The molecule has 0 unspecified atom stereocenters. The van der Waals surface area contributed by atoms with Crippen LogP contribution in [0, 0.1) is 0 Å². The molecule has 0 fully saturated rings. The Morgan fingerprint density at radius 3 is 2.80 bits per heavy atom. The van der Waals surface area contributed by atoms with Crippen LogP contribution < -0.4 is 4.74 Å². The highest BCUT2D eigenvalue weighted by molar-refractivity contribution is 5.84. The van der Waals surface area contributed by atoms with Gasteiger partial charge >= 0.3 is 5.97 Å². The van der Waals surface area contributed by atoms with E-state index in [-0.39, 0.29) is 6.42 Å². The average Bonchev–Trinajstić information content (AvgIpc) is 2.57. The first-order valence-corrected chi connectivity index (χ1v) is 6.40. The number of carboxylic acid groups (broad SMARTS) is 1. The molecule has 2 aromatic rings. The van der Waals surface area contributed by atoms with Gasteiger partial charge in [-0.3, -0.25) is 4.79 Å². The van der Waals surface area contributed by atoms with Crippen molar-refractivity contribution in [1.29, 1.82) is 0 Å². The zero-order valence-corrected chi connectivity index (χ0v) is 10.9. The summed E-state index contributed by atoms with van der Waals surface area (Å²) in [4.78, 5) is 10.8. The summed E-state index contributed by atoms with van der Waals surface area (Å²) in [5.74, 6) is -0.148. The van der Waals surface area contributed by atoms with E-state index < -0.39 is 5.97 Å². The standard InChI is InChI=1S/C17H14O3/c1-11-14-5-3-2-4-13(14)10-20-16-8-12(9-17(18)19)6-7-15(11)16/h2-8H,1,9-10H2,(H,18,19). The van der Waals surface area contributed by atoms with Gasteiger partial charge in [-0.2, -0.15) is 0 Å². The van der Waals surface area contributed by atoms with Gasteiger partial charge in [0.2, 0.25) is 0 Å². The van der Waals surface area contributed by atoms with Crippen LogP contribution >= 0.6 is 0 Å². The molecule has 1 heterocycles. The molecule has 1 aliphatic heterocycles. The summed E-state index contributed by atoms with van der Waals surface area (Å²) in [6.07, 6.45) is -0.00390. The normalized spacial score (nSPS) is 12.9. The molecule has 100 valence electrons. The minimum Gasteiger partial charge on any atom is -0.488 e. The van der Waals surface area contributed by atoms with E-state index in [1.54, 1.807) is 6.07 Å². The second-order valence-electron chi connectivity index (χ2n) is 4.83. The Morgan fingerprint density at radius 1 is 1.20 bits per heavy atom. The monoisotopic (exact) mass is 266 g/mol. The molecule has 0 aliphatic carbocycles. The van der Waals surface area contributed by atoms with E-state index in [9.17, 15) is 4.79 Å². The number of hydrogen-bond acceptors (Lipinski definition) is 2. The number of benzene rings is 2. The maximum Gasteiger partial charge on any atom is 0.307 e. The Kier molecular flexibility index (Phi) is 3.03. The molecule has 3 nitrogen and oxygen atoms in total. The Morgan fingerprint density at radius 2 is 2.00 bits per heavy atom. The second-order valence-corrected chi connectivity index (χ2v) is 4.83. The Hall–Kier alpha value is -2.55. The third kappa shape index (κ3) is 2.18. The van der Waals surface area contributed by atoms with E-state index in [4.69, 9.17) is 9.84 Å². The van der Waals surface area contributed by atoms with Gasteiger partial charge in [0.1, 0.15) is 12.4 Å². The topological polar surface area (TPSA) is 46.5 Å². The van der Waals surface area contributed by atoms with Gasteiger partial charge in [-0.05, 0) is 28.3 Å². The summed E-state index contributed by atoms with van der Waals surface area (Å²) in [6.45, 7) is 4.62. The fraction of sp³-hybridized carbons (Fsp3) is 0.118. The summed E-state index contributed by atoms with van der Waals surface area (Å²) >= 11 is 0. The lowest BCUT2D eigenvalue weighted by Crippen LogP contribution is -2.01. The van der Waals surface area contributed by atoms with Gasteiger partial charge in [0.25, 0.3) is 0 Å². The van der Waals surface area contributed by atoms with Crippen molar-refractivity contribution in [3.05, 3.63) is 71.3 Å². The van der Waals surface area contributed by atoms with Crippen LogP contribution in [0.2, 0.25) is 0 Å². The molecule has 3 heteroatoms. The predicted octanol–water partition coefficient (Wildman–Crippen LogP) is 3.27. The molecule has 0 bridgehead atoms. The molecule has 0 radical (unpaired) electrons. The first-order chi connectivity index (χ1) is 9.65. The van der Waals surface area contributed by atoms with Gasteiger partial charge < -0.3 is 9.84 Å². The highest BCUT2D eigenvalue weighted by Crippen LogP contribution is 2.36. The third-order valence-electron chi connectivity index (χ3n) is 3.45. The molecule has 3 rings (SSSR count). The van der Waals surface area contributed by atoms with Gasteiger partial charge in [0.15, 0.2) is 0 Å². The van der Waals surface area contributed by atoms with Gasteiger partial charge in [-0.15, -0.1) is 0 Å². The first kappa shape index (κ1) is 12.5. The van der Waals surface area contributed by atoms with E-state index in [0.717, 1.165) is 27.8 Å². The number of carbonyl (C=O) groups is 1. The number of fused-ring (bicyclic) bond motifs is 2. The van der Waals surface area contributed by atoms with Gasteiger partial charge in [0.05, 0.1) is 6.42 Å². The van der Waals surface area contributed by atoms with Crippen molar-refractivity contribution in [2.45, 2.75) is 13.0 Å². The summed E-state index contributed by atoms with van der Waals surface area (Å²) in [5.41, 5.74) is 4.74. The fourth-order valence-electron chi connectivity index (χ4n) is 2.46. The van der Waals surface area contributed by atoms with E-state index >= 15 is 0 Å². The van der Waals surface area contributed by atoms with E-state index in [1.807, 2.05) is 36.4 Å². The van der Waals surface area contributed by atoms with Gasteiger partial charge in [-0.1, -0.05) is 43.0 Å². The highest BCUT2D eigenvalue weighted by atomic mass is 16.5. The smallest absolute Gasteiger partial charge is 0.307 e. The molecule has 0 amide bonds. The quantitative estimate of drug-likeness (QED) is 0.907. The molecule has 0 atom stereocenters. The van der Waals surface area contributed by atoms with Crippen molar-refractivity contribution in [2.24, 2.45) is 0 Å². The van der Waals surface area contributed by atoms with Crippen LogP contribution in [0.4, 0.5) is 0 Å². The first-order valence-electron chi connectivity index (χ1n) is 6.40. The Labute approximate surface area is 117 Å². The molecule has 1 aliphatic rings. The molecular weight excluding hydrogens is 252 g/mol. The fourth-order valence-corrected chi connectivity index (χ4v) is 2.46. The number of rotatable bonds is 2. The number of ether oxygens (including phenoxy) is 1. The Balaban J connectivity index is 2.05. The number of hydrogen-bond donors (Lipinski definition) is 1. The minimum absolute atomic E-state index is 0.00390. The molecule has 0 aromatic heterocycles. The van der Waals surface area contributed by atoms with Crippen LogP contribution in [0.5, 0.6) is 5.75 Å². The van der Waals surface area contributed by atoms with Crippen molar-refractivity contribution < 1.29 is 14.6 Å². The molecule has 20 heavy (non-hydrogen) atoms. The molecule has 2 aromatic carbocycles. The van der Waals surface area contributed by atoms with Crippen LogP contribution in [-0.2, 0) is 17.8 Å². The largest absolute Gasteiger partial charge is 0.488 e. The zero-order valence-electron chi connectivity index (χ0n) is 10.9. The lowest BCUT2D eigenvalue weighted by Gasteiger charge is -2.10. The molecule has 0 saturated heterocycles. The number of aliphatic carboxylic acids is 1. The van der Waals surface area contributed by atoms with Crippen molar-refractivity contribution in [3.8, 4) is 5.75 Å². The summed E-state index contributed by atoms with van der Waals surface area (Å²) in [5, 5.41) is 8.86. The Bertz CT molecular complexity index is 701. The molecule has 1 N–H and O–H groups in total. The SMILES string of the molecule is C=C1c2ccccc2COc2cc(CC(=O)O)ccc21. The maximum atomic E-state index is 10.8. The van der Waals surface area contributed by atoms with Crippen LogP contribution in [0.15, 0.2) is 49.0 Å². The zero-order chi connectivity index (χ0) is 14.1. The summed E-state index contributed by atoms with van der Waals surface area (Å²) in [7, 11) is 0. The predicted molar refractivity (Wildman–Crippen MR) is 76.7 cm³/mol. The molecule has 0 saturated carbocycles. The molecule has 0 spiro atoms. The number of carboxylic acids is 1. The summed E-state index contributed by atoms with van der Waals surface area (Å²) < 4.78 is 5.81. The van der Waals surface area contributed by atoms with Crippen molar-refractivity contribution in [3.63, 3.8) is 0 Å². The van der Waals surface area contributed by atoms with Crippen LogP contribution in [0.3, 0.4) is 0 Å². The van der Waals surface area contributed by atoms with E-state index in [2.05, 4.69) is 6.58 Å². The average molecular weight is 266 g/mol. The van der Waals surface area contributed by atoms with Crippen molar-refractivity contribution >= 4 is 11.5 Å². The lowest BCUT2D eigenvalue weighted by molar-refractivity contribution is -0.136. The van der Waals surface area contributed by atoms with Gasteiger partial charge in [-0.25, -0.2) is 0 Å². The summed E-state index contributed by atoms with van der Waals surface area (Å²) in [6, 6.07) is 13.5. The lowest BCUT2D eigenvalue weighted by atomic mass is 9.95. The van der Waals surface area contributed by atoms with Crippen molar-refractivity contribution in [2.75, 3.05) is 0 Å². The highest BCUT2D eigenvalue weighted by Gasteiger charge is 2.18. The van der Waals surface area contributed by atoms with E-state index in [1.165, 1.54) is 0 Å². The van der Waals surface area contributed by atoms with E-state index in [0.29, 0.717) is 12.4 Å². The minimum atomic E-state index is -0.847. The van der Waals surface area contributed by atoms with Crippen LogP contribution in [0.25, 0.3) is 5.57 Å². The molecular formula is C17H14O3. The maximum absolute atomic E-state index is 10.8. The van der Waals surface area contributed by atoms with Crippen LogP contribution in [0.1, 0.15) is 22.3 Å². The third-order valence-corrected chi connectivity index (χ3v) is 3.45. The van der Waals surface area contributed by atoms with Crippen LogP contribution in [-0.4, -0.2) is 11.1 Å². The second kappa shape index (κ2) is 4.85. The van der Waals surface area contributed by atoms with Gasteiger partial charge in [0, 0.05) is 5.56 Å². The van der Waals surface area contributed by atoms with Crippen molar-refractivity contribution in [1.82, 2.24) is 0 Å².